The normalized spacial score (nSPS) is 9.83. The van der Waals surface area contributed by atoms with Gasteiger partial charge < -0.3 is 4.74 Å². The van der Waals surface area contributed by atoms with Gasteiger partial charge in [0.15, 0.2) is 0 Å². The summed E-state index contributed by atoms with van der Waals surface area (Å²) in [5, 5.41) is 8.85. The maximum absolute atomic E-state index is 13.3. The van der Waals surface area contributed by atoms with Crippen molar-refractivity contribution in [3.05, 3.63) is 65.2 Å². The van der Waals surface area contributed by atoms with Gasteiger partial charge in [0, 0.05) is 5.56 Å². The molecule has 0 aromatic heterocycles. The predicted octanol–water partition coefficient (Wildman–Crippen LogP) is 3.42. The Bertz CT molecular complexity index is 605. The zero-order valence-corrected chi connectivity index (χ0v) is 9.36. The number of ether oxygens (including phenoxy) is 1. The Balaban J connectivity index is 2.17. The van der Waals surface area contributed by atoms with Crippen molar-refractivity contribution in [1.29, 1.82) is 5.26 Å². The molecule has 0 heterocycles. The summed E-state index contributed by atoms with van der Waals surface area (Å²) < 4.78 is 31.6. The highest BCUT2D eigenvalue weighted by Crippen LogP contribution is 2.19. The number of nitrogens with zero attached hydrogens (tertiary/aromatic N) is 1. The second-order valence-electron chi connectivity index (χ2n) is 3.63. The van der Waals surface area contributed by atoms with Crippen LogP contribution < -0.4 is 4.74 Å². The van der Waals surface area contributed by atoms with Gasteiger partial charge in [0.25, 0.3) is 0 Å². The number of para-hydroxylation sites is 1. The Kier molecular flexibility index (Phi) is 3.54. The van der Waals surface area contributed by atoms with E-state index in [0.29, 0.717) is 11.3 Å². The van der Waals surface area contributed by atoms with Gasteiger partial charge >= 0.3 is 0 Å². The minimum atomic E-state index is -0.536. The summed E-state index contributed by atoms with van der Waals surface area (Å²) in [6, 6.07) is 11.7. The number of rotatable bonds is 3. The molecule has 0 unspecified atom stereocenters. The average Bonchev–Trinajstić information content (AvgIpc) is 2.40. The van der Waals surface area contributed by atoms with Crippen LogP contribution in [0.2, 0.25) is 0 Å². The second-order valence-corrected chi connectivity index (χ2v) is 3.63. The van der Waals surface area contributed by atoms with E-state index in [0.717, 1.165) is 18.2 Å². The quantitative estimate of drug-likeness (QED) is 0.830. The summed E-state index contributed by atoms with van der Waals surface area (Å²) in [4.78, 5) is 0. The molecular formula is C14H9F2NO. The third-order valence-corrected chi connectivity index (χ3v) is 2.40. The van der Waals surface area contributed by atoms with Gasteiger partial charge in [-0.2, -0.15) is 5.26 Å². The molecule has 0 fully saturated rings. The van der Waals surface area contributed by atoms with E-state index < -0.39 is 11.6 Å². The van der Waals surface area contributed by atoms with Crippen LogP contribution in [0.5, 0.6) is 5.75 Å². The molecular weight excluding hydrogens is 236 g/mol. The lowest BCUT2D eigenvalue weighted by Gasteiger charge is -2.08. The number of nitriles is 1. The molecule has 4 heteroatoms. The molecule has 2 aromatic rings. The standard InChI is InChI=1S/C14H9F2NO/c15-12-5-6-13(16)11(7-12)9-18-14-4-2-1-3-10(14)8-17/h1-7H,9H2. The van der Waals surface area contributed by atoms with Crippen LogP contribution in [-0.4, -0.2) is 0 Å². The molecule has 2 aromatic carbocycles. The van der Waals surface area contributed by atoms with Gasteiger partial charge in [0.1, 0.15) is 30.1 Å². The number of hydrogen-bond donors (Lipinski definition) is 0. The lowest BCUT2D eigenvalue weighted by molar-refractivity contribution is 0.298. The zero-order valence-electron chi connectivity index (χ0n) is 9.36. The van der Waals surface area contributed by atoms with E-state index in [9.17, 15) is 8.78 Å². The molecule has 90 valence electrons. The molecule has 0 saturated carbocycles. The van der Waals surface area contributed by atoms with Crippen molar-refractivity contribution in [3.8, 4) is 11.8 Å². The highest BCUT2D eigenvalue weighted by atomic mass is 19.1. The van der Waals surface area contributed by atoms with Crippen LogP contribution in [0.15, 0.2) is 42.5 Å². The fourth-order valence-electron chi connectivity index (χ4n) is 1.49. The van der Waals surface area contributed by atoms with E-state index in [-0.39, 0.29) is 12.2 Å². The van der Waals surface area contributed by atoms with E-state index in [2.05, 4.69) is 0 Å². The Labute approximate surface area is 103 Å². The van der Waals surface area contributed by atoms with Crippen molar-refractivity contribution in [2.24, 2.45) is 0 Å². The Morgan fingerprint density at radius 3 is 2.67 bits per heavy atom. The third-order valence-electron chi connectivity index (χ3n) is 2.40. The summed E-state index contributed by atoms with van der Waals surface area (Å²) in [5.41, 5.74) is 0.469. The molecule has 0 atom stereocenters. The Morgan fingerprint density at radius 2 is 1.89 bits per heavy atom. The van der Waals surface area contributed by atoms with E-state index in [1.807, 2.05) is 6.07 Å². The molecule has 18 heavy (non-hydrogen) atoms. The average molecular weight is 245 g/mol. The third kappa shape index (κ3) is 2.64. The highest BCUT2D eigenvalue weighted by Gasteiger charge is 2.06. The summed E-state index contributed by atoms with van der Waals surface area (Å²) in [5.74, 6) is -0.710. The molecule has 0 N–H and O–H groups in total. The summed E-state index contributed by atoms with van der Waals surface area (Å²) in [7, 11) is 0. The van der Waals surface area contributed by atoms with Crippen molar-refractivity contribution in [1.82, 2.24) is 0 Å². The van der Waals surface area contributed by atoms with E-state index >= 15 is 0 Å². The van der Waals surface area contributed by atoms with Gasteiger partial charge in [-0.05, 0) is 30.3 Å². The van der Waals surface area contributed by atoms with E-state index in [4.69, 9.17) is 10.00 Å². The lowest BCUT2D eigenvalue weighted by Crippen LogP contribution is -2.00. The van der Waals surface area contributed by atoms with Gasteiger partial charge in [0.2, 0.25) is 0 Å². The monoisotopic (exact) mass is 245 g/mol. The van der Waals surface area contributed by atoms with Gasteiger partial charge in [0.05, 0.1) is 5.56 Å². The molecule has 0 saturated heterocycles. The van der Waals surface area contributed by atoms with Crippen molar-refractivity contribution in [2.75, 3.05) is 0 Å². The molecule has 2 nitrogen and oxygen atoms in total. The van der Waals surface area contributed by atoms with Crippen LogP contribution >= 0.6 is 0 Å². The molecule has 0 aliphatic carbocycles. The smallest absolute Gasteiger partial charge is 0.137 e. The lowest BCUT2D eigenvalue weighted by atomic mass is 10.2. The van der Waals surface area contributed by atoms with Crippen molar-refractivity contribution < 1.29 is 13.5 Å². The molecule has 0 aliphatic rings. The number of hydrogen-bond acceptors (Lipinski definition) is 2. The topological polar surface area (TPSA) is 33.0 Å². The van der Waals surface area contributed by atoms with Crippen LogP contribution in [0.25, 0.3) is 0 Å². The fourth-order valence-corrected chi connectivity index (χ4v) is 1.49. The second kappa shape index (κ2) is 5.28. The first kappa shape index (κ1) is 12.1. The Morgan fingerprint density at radius 1 is 1.11 bits per heavy atom. The minimum Gasteiger partial charge on any atom is -0.487 e. The molecule has 2 rings (SSSR count). The molecule has 0 radical (unpaired) electrons. The molecule has 0 bridgehead atoms. The summed E-state index contributed by atoms with van der Waals surface area (Å²) in [6.45, 7) is -0.123. The van der Waals surface area contributed by atoms with Crippen LogP contribution in [-0.2, 0) is 6.61 Å². The first-order valence-corrected chi connectivity index (χ1v) is 5.26. The van der Waals surface area contributed by atoms with E-state index in [1.165, 1.54) is 0 Å². The summed E-state index contributed by atoms with van der Waals surface area (Å²) in [6.07, 6.45) is 0. The number of benzene rings is 2. The Hall–Kier alpha value is -2.41. The maximum atomic E-state index is 13.3. The van der Waals surface area contributed by atoms with E-state index in [1.54, 1.807) is 24.3 Å². The molecule has 0 spiro atoms. The van der Waals surface area contributed by atoms with Crippen molar-refractivity contribution >= 4 is 0 Å². The SMILES string of the molecule is N#Cc1ccccc1OCc1cc(F)ccc1F. The highest BCUT2D eigenvalue weighted by molar-refractivity contribution is 5.42. The maximum Gasteiger partial charge on any atom is 0.137 e. The van der Waals surface area contributed by atoms with Crippen molar-refractivity contribution in [2.45, 2.75) is 6.61 Å². The van der Waals surface area contributed by atoms with Crippen LogP contribution in [0, 0.1) is 23.0 Å². The van der Waals surface area contributed by atoms with Gasteiger partial charge in [-0.3, -0.25) is 0 Å². The first-order valence-electron chi connectivity index (χ1n) is 5.26. The van der Waals surface area contributed by atoms with Gasteiger partial charge in [-0.1, -0.05) is 12.1 Å². The van der Waals surface area contributed by atoms with Crippen LogP contribution in [0.3, 0.4) is 0 Å². The van der Waals surface area contributed by atoms with Crippen LogP contribution in [0.1, 0.15) is 11.1 Å². The zero-order chi connectivity index (χ0) is 13.0. The first-order chi connectivity index (χ1) is 8.70. The number of halogens is 2. The minimum absolute atomic E-state index is 0.114. The summed E-state index contributed by atoms with van der Waals surface area (Å²) >= 11 is 0. The van der Waals surface area contributed by atoms with Crippen LogP contribution in [0.4, 0.5) is 8.78 Å². The van der Waals surface area contributed by atoms with Gasteiger partial charge in [-0.15, -0.1) is 0 Å². The van der Waals surface area contributed by atoms with Crippen molar-refractivity contribution in [3.63, 3.8) is 0 Å². The molecule has 0 aliphatic heterocycles. The largest absolute Gasteiger partial charge is 0.487 e. The molecule has 0 amide bonds. The van der Waals surface area contributed by atoms with Gasteiger partial charge in [-0.25, -0.2) is 8.78 Å². The predicted molar refractivity (Wildman–Crippen MR) is 61.8 cm³/mol. The fraction of sp³-hybridized carbons (Fsp3) is 0.0714.